The number of ether oxygens (including phenoxy) is 5. The molecule has 0 radical (unpaired) electrons. The van der Waals surface area contributed by atoms with E-state index in [2.05, 4.69) is 0 Å². The van der Waals surface area contributed by atoms with Crippen LogP contribution in [0.15, 0.2) is 0 Å². The zero-order valence-electron chi connectivity index (χ0n) is 23.8. The smallest absolute Gasteiger partial charge is 0.187 e. The maximum Gasteiger partial charge on any atom is 0.187 e. The van der Waals surface area contributed by atoms with Gasteiger partial charge in [-0.3, -0.25) is 0 Å². The average molecular weight is 627 g/mol. The van der Waals surface area contributed by atoms with Crippen LogP contribution in [0.5, 0.6) is 0 Å². The number of aliphatic hydroxyl groups excluding tert-OH is 11. The van der Waals surface area contributed by atoms with E-state index in [1.165, 1.54) is 6.92 Å². The zero-order chi connectivity index (χ0) is 31.3. The summed E-state index contributed by atoms with van der Waals surface area (Å²) in [5.74, 6) is -0.989. The monoisotopic (exact) mass is 626 g/mol. The molecule has 11 N–H and O–H groups in total. The van der Waals surface area contributed by atoms with Gasteiger partial charge in [0.05, 0.1) is 55.4 Å². The first-order valence-corrected chi connectivity index (χ1v) is 15.0. The summed E-state index contributed by atoms with van der Waals surface area (Å²) in [6.45, 7) is 0.987. The molecule has 2 saturated carbocycles. The van der Waals surface area contributed by atoms with Crippen molar-refractivity contribution < 1.29 is 79.9 Å². The van der Waals surface area contributed by atoms with Gasteiger partial charge < -0.3 is 79.9 Å². The van der Waals surface area contributed by atoms with Gasteiger partial charge in [-0.1, -0.05) is 0 Å². The Kier molecular flexibility index (Phi) is 10.7. The van der Waals surface area contributed by atoms with Crippen molar-refractivity contribution in [3.05, 3.63) is 0 Å². The lowest BCUT2D eigenvalue weighted by molar-refractivity contribution is -0.346. The molecule has 0 bridgehead atoms. The van der Waals surface area contributed by atoms with Gasteiger partial charge in [0.1, 0.15) is 48.8 Å². The Bertz CT molecular complexity index is 902. The van der Waals surface area contributed by atoms with E-state index in [0.717, 1.165) is 0 Å². The van der Waals surface area contributed by atoms with Gasteiger partial charge in [0.15, 0.2) is 12.6 Å². The lowest BCUT2D eigenvalue weighted by Crippen LogP contribution is -2.63. The fourth-order valence-corrected chi connectivity index (χ4v) is 7.15. The molecular formula is C27H46O16. The molecule has 5 rings (SSSR count). The van der Waals surface area contributed by atoms with Crippen molar-refractivity contribution in [2.45, 2.75) is 149 Å². The van der Waals surface area contributed by atoms with Crippen molar-refractivity contribution in [3.63, 3.8) is 0 Å². The molecule has 3 aliphatic heterocycles. The van der Waals surface area contributed by atoms with Gasteiger partial charge in [0.25, 0.3) is 0 Å². The Morgan fingerprint density at radius 2 is 1.21 bits per heavy atom. The molecule has 43 heavy (non-hydrogen) atoms. The Labute approximate surface area is 248 Å². The van der Waals surface area contributed by atoms with Gasteiger partial charge in [0, 0.05) is 5.92 Å². The first-order valence-electron chi connectivity index (χ1n) is 15.0. The van der Waals surface area contributed by atoms with Crippen molar-refractivity contribution in [2.75, 3.05) is 6.61 Å². The van der Waals surface area contributed by atoms with Crippen LogP contribution in [0.1, 0.15) is 39.0 Å². The van der Waals surface area contributed by atoms with Crippen molar-refractivity contribution in [1.29, 1.82) is 0 Å². The van der Waals surface area contributed by atoms with Crippen LogP contribution >= 0.6 is 0 Å². The highest BCUT2D eigenvalue weighted by atomic mass is 16.7. The molecule has 2 aliphatic carbocycles. The normalized spacial score (nSPS) is 56.4. The number of hydrogen-bond acceptors (Lipinski definition) is 16. The standard InChI is InChI=1S/C27H46O16/c1-8-18(32)21(35)23(37)26(40-8)39-7-17-20(34)22(36)24(38)27(43-17)42-16-6-11-12(29)4-10(28)5-15(11)41-25(16)9-2-13(30)19(33)14(31)3-9/h8-38H,2-7H2,1H3/t8-,9?,10?,11?,12?,13?,14?,15?,16?,17+,18-,19?,20+,21+,22-,23+,24+,25?,26-,27+/m0/s1. The van der Waals surface area contributed by atoms with Crippen LogP contribution in [-0.4, -0.2) is 173 Å². The van der Waals surface area contributed by atoms with Crippen LogP contribution in [0.2, 0.25) is 0 Å². The van der Waals surface area contributed by atoms with Gasteiger partial charge in [0.2, 0.25) is 0 Å². The zero-order valence-corrected chi connectivity index (χ0v) is 23.8. The summed E-state index contributed by atoms with van der Waals surface area (Å²) in [5, 5.41) is 114. The average Bonchev–Trinajstić information content (AvgIpc) is 2.96. The molecule has 0 aromatic heterocycles. The van der Waals surface area contributed by atoms with Gasteiger partial charge in [-0.15, -0.1) is 0 Å². The van der Waals surface area contributed by atoms with Gasteiger partial charge in [-0.05, 0) is 44.9 Å². The van der Waals surface area contributed by atoms with Gasteiger partial charge in [-0.2, -0.15) is 0 Å². The molecule has 16 heteroatoms. The molecule has 0 amide bonds. The summed E-state index contributed by atoms with van der Waals surface area (Å²) in [6, 6.07) is 0. The second kappa shape index (κ2) is 13.6. The molecule has 18 atom stereocenters. The molecule has 0 aromatic carbocycles. The van der Waals surface area contributed by atoms with Gasteiger partial charge in [-0.25, -0.2) is 0 Å². The highest BCUT2D eigenvalue weighted by Gasteiger charge is 2.53. The third-order valence-corrected chi connectivity index (χ3v) is 9.74. The molecule has 3 heterocycles. The highest BCUT2D eigenvalue weighted by molar-refractivity contribution is 5.00. The summed E-state index contributed by atoms with van der Waals surface area (Å²) in [6.07, 6.45) is -22.0. The second-order valence-corrected chi connectivity index (χ2v) is 12.8. The quantitative estimate of drug-likeness (QED) is 0.132. The summed E-state index contributed by atoms with van der Waals surface area (Å²) in [4.78, 5) is 0. The molecule has 250 valence electrons. The second-order valence-electron chi connectivity index (χ2n) is 12.8. The predicted molar refractivity (Wildman–Crippen MR) is 139 cm³/mol. The van der Waals surface area contributed by atoms with E-state index in [1.54, 1.807) is 0 Å². The van der Waals surface area contributed by atoms with Crippen LogP contribution in [-0.2, 0) is 23.7 Å². The van der Waals surface area contributed by atoms with E-state index < -0.39 is 129 Å². The van der Waals surface area contributed by atoms with Crippen molar-refractivity contribution in [2.24, 2.45) is 11.8 Å². The van der Waals surface area contributed by atoms with Crippen LogP contribution < -0.4 is 0 Å². The van der Waals surface area contributed by atoms with Crippen molar-refractivity contribution in [3.8, 4) is 0 Å². The Balaban J connectivity index is 1.30. The maximum atomic E-state index is 10.8. The minimum Gasteiger partial charge on any atom is -0.393 e. The number of rotatable bonds is 6. The minimum atomic E-state index is -1.75. The van der Waals surface area contributed by atoms with E-state index in [4.69, 9.17) is 23.7 Å². The van der Waals surface area contributed by atoms with Crippen molar-refractivity contribution >= 4 is 0 Å². The summed E-state index contributed by atoms with van der Waals surface area (Å²) < 4.78 is 29.2. The van der Waals surface area contributed by atoms with E-state index >= 15 is 0 Å². The predicted octanol–water partition coefficient (Wildman–Crippen LogP) is -5.19. The van der Waals surface area contributed by atoms with Crippen LogP contribution in [0, 0.1) is 11.8 Å². The number of fused-ring (bicyclic) bond motifs is 1. The third kappa shape index (κ3) is 6.90. The van der Waals surface area contributed by atoms with E-state index in [9.17, 15) is 56.2 Å². The summed E-state index contributed by atoms with van der Waals surface area (Å²) >= 11 is 0. The largest absolute Gasteiger partial charge is 0.393 e. The molecule has 16 nitrogen and oxygen atoms in total. The minimum absolute atomic E-state index is 0.0554. The highest BCUT2D eigenvalue weighted by Crippen LogP contribution is 2.43. The van der Waals surface area contributed by atoms with E-state index in [-0.39, 0.29) is 32.1 Å². The molecular weight excluding hydrogens is 580 g/mol. The fraction of sp³-hybridized carbons (Fsp3) is 1.00. The molecule has 5 fully saturated rings. The first kappa shape index (κ1) is 33.7. The summed E-state index contributed by atoms with van der Waals surface area (Å²) in [7, 11) is 0. The van der Waals surface area contributed by atoms with Gasteiger partial charge >= 0.3 is 0 Å². The molecule has 0 spiro atoms. The molecule has 5 aliphatic rings. The number of hydrogen-bond donors (Lipinski definition) is 11. The summed E-state index contributed by atoms with van der Waals surface area (Å²) in [5.41, 5.74) is 0. The van der Waals surface area contributed by atoms with E-state index in [1.807, 2.05) is 0 Å². The van der Waals surface area contributed by atoms with Crippen LogP contribution in [0.25, 0.3) is 0 Å². The fourth-order valence-electron chi connectivity index (χ4n) is 7.15. The molecule has 3 saturated heterocycles. The molecule has 0 aromatic rings. The maximum absolute atomic E-state index is 10.8. The third-order valence-electron chi connectivity index (χ3n) is 9.74. The van der Waals surface area contributed by atoms with Crippen molar-refractivity contribution in [1.82, 2.24) is 0 Å². The molecule has 8 unspecified atom stereocenters. The number of aliphatic hydroxyl groups is 11. The Morgan fingerprint density at radius 1 is 0.581 bits per heavy atom. The van der Waals surface area contributed by atoms with Crippen LogP contribution in [0.4, 0.5) is 0 Å². The Hall–Kier alpha value is -0.640. The lowest BCUT2D eigenvalue weighted by atomic mass is 9.72. The van der Waals surface area contributed by atoms with Crippen LogP contribution in [0.3, 0.4) is 0 Å². The Morgan fingerprint density at radius 3 is 1.88 bits per heavy atom. The van der Waals surface area contributed by atoms with E-state index in [0.29, 0.717) is 0 Å². The first-order chi connectivity index (χ1) is 20.3. The lowest BCUT2D eigenvalue weighted by Gasteiger charge is -2.51. The SMILES string of the molecule is C[C@@H]1O[C@H](OC[C@H]2O[C@@H](OC3CC4C(O)CC(O)CC4OC3C3CC(O)C(O)C(O)C3)[C@H](O)[C@@H](O)[C@@H]2O)[C@H](O)[C@H](O)[C@H]1O. The topological polar surface area (TPSA) is 269 Å².